The fraction of sp³-hybridized carbons (Fsp3) is 0.800. The SMILES string of the molecule is CCNc1nc(SSSSc2nc(NCC)nc(N(CC)CC)n2)nc(N(CC)CC)n1.CO[Si](CCCSSCCC[Si](OC)(OC)OC)(OC)OC. The highest BCUT2D eigenvalue weighted by molar-refractivity contribution is 9.26. The molecule has 312 valence electrons. The van der Waals surface area contributed by atoms with Crippen molar-refractivity contribution in [2.24, 2.45) is 0 Å². The standard InChI is InChI=1S/C18H32N10S4.C12H30O6S2Si2/c1-7-19-13-21-15(27(9-3)10-4)25-17(23-13)29-31-32-30-18-24-14(20-8-2)22-16(26-18)28(11-5)12-6;1-13-21(14-2,15-3)11-7-9-19-20-10-8-12-22(16-4,17-5)18-6/h7-12H2,1-6H3,(H,19,21,23,25)(H,20,22,24,26);7-12H2,1-6H3. The highest BCUT2D eigenvalue weighted by atomic mass is 33.7. The van der Waals surface area contributed by atoms with Crippen molar-refractivity contribution in [2.45, 2.75) is 76.8 Å². The van der Waals surface area contributed by atoms with Crippen molar-refractivity contribution < 1.29 is 26.6 Å². The number of anilines is 4. The Bertz CT molecular complexity index is 1160. The molecule has 2 aromatic heterocycles. The molecule has 0 bridgehead atoms. The molecule has 0 atom stereocenters. The van der Waals surface area contributed by atoms with Gasteiger partial charge in [0, 0.05) is 106 Å². The van der Waals surface area contributed by atoms with Crippen LogP contribution in [0.4, 0.5) is 23.8 Å². The fourth-order valence-electron chi connectivity index (χ4n) is 4.55. The van der Waals surface area contributed by atoms with Gasteiger partial charge in [-0.1, -0.05) is 21.6 Å². The number of aromatic nitrogens is 6. The third-order valence-corrected chi connectivity index (χ3v) is 21.4. The summed E-state index contributed by atoms with van der Waals surface area (Å²) in [6.07, 6.45) is 2.04. The van der Waals surface area contributed by atoms with E-state index in [-0.39, 0.29) is 0 Å². The Hall–Kier alpha value is -0.486. The van der Waals surface area contributed by atoms with Crippen LogP contribution in [0.15, 0.2) is 10.3 Å². The maximum atomic E-state index is 5.40. The van der Waals surface area contributed by atoms with Crippen LogP contribution in [-0.2, 0) is 26.6 Å². The molecule has 0 aliphatic carbocycles. The van der Waals surface area contributed by atoms with Crippen LogP contribution in [0.2, 0.25) is 12.1 Å². The Kier molecular flexibility index (Phi) is 29.2. The third-order valence-electron chi connectivity index (χ3n) is 7.58. The first-order valence-corrected chi connectivity index (χ1v) is 29.0. The topological polar surface area (TPSA) is 163 Å². The van der Waals surface area contributed by atoms with Gasteiger partial charge >= 0.3 is 17.6 Å². The van der Waals surface area contributed by atoms with Gasteiger partial charge in [0.15, 0.2) is 0 Å². The molecule has 54 heavy (non-hydrogen) atoms. The molecular formula is C30H62N10O6S6Si2. The van der Waals surface area contributed by atoms with E-state index in [2.05, 4.69) is 78.0 Å². The molecule has 2 aromatic rings. The zero-order chi connectivity index (χ0) is 40.2. The van der Waals surface area contributed by atoms with Crippen molar-refractivity contribution in [3.05, 3.63) is 0 Å². The van der Waals surface area contributed by atoms with E-state index in [1.807, 2.05) is 35.4 Å². The summed E-state index contributed by atoms with van der Waals surface area (Å²) in [5.74, 6) is 4.69. The van der Waals surface area contributed by atoms with Gasteiger partial charge < -0.3 is 47.0 Å². The first-order chi connectivity index (χ1) is 26.1. The van der Waals surface area contributed by atoms with Crippen LogP contribution >= 0.6 is 62.8 Å². The van der Waals surface area contributed by atoms with E-state index in [1.54, 1.807) is 62.3 Å². The summed E-state index contributed by atoms with van der Waals surface area (Å²) in [6, 6.07) is 1.69. The summed E-state index contributed by atoms with van der Waals surface area (Å²) in [5.41, 5.74) is 0. The van der Waals surface area contributed by atoms with Crippen molar-refractivity contribution in [1.29, 1.82) is 0 Å². The highest BCUT2D eigenvalue weighted by Crippen LogP contribution is 2.48. The molecule has 16 nitrogen and oxygen atoms in total. The van der Waals surface area contributed by atoms with E-state index in [4.69, 9.17) is 26.6 Å². The summed E-state index contributed by atoms with van der Waals surface area (Å²) in [5, 5.41) is 7.72. The van der Waals surface area contributed by atoms with Gasteiger partial charge in [0.2, 0.25) is 34.1 Å². The summed E-state index contributed by atoms with van der Waals surface area (Å²) >= 11 is 0. The molecule has 0 saturated heterocycles. The zero-order valence-electron chi connectivity index (χ0n) is 34.0. The van der Waals surface area contributed by atoms with Crippen molar-refractivity contribution in [2.75, 3.05) is 114 Å². The number of nitrogens with zero attached hydrogens (tertiary/aromatic N) is 8. The second-order valence-electron chi connectivity index (χ2n) is 10.6. The first kappa shape index (κ1) is 51.5. The predicted molar refractivity (Wildman–Crippen MR) is 239 cm³/mol. The smallest absolute Gasteiger partial charge is 0.377 e. The lowest BCUT2D eigenvalue weighted by molar-refractivity contribution is 0.123. The Morgan fingerprint density at radius 3 is 1.11 bits per heavy atom. The third kappa shape index (κ3) is 18.8. The van der Waals surface area contributed by atoms with E-state index >= 15 is 0 Å². The van der Waals surface area contributed by atoms with E-state index in [0.29, 0.717) is 34.1 Å². The number of hydrogen-bond donors (Lipinski definition) is 2. The maximum Gasteiger partial charge on any atom is 0.500 e. The minimum atomic E-state index is -2.40. The Morgan fingerprint density at radius 1 is 0.500 bits per heavy atom. The molecule has 24 heteroatoms. The van der Waals surface area contributed by atoms with Gasteiger partial charge in [0.05, 0.1) is 0 Å². The van der Waals surface area contributed by atoms with E-state index < -0.39 is 17.6 Å². The molecule has 0 aliphatic rings. The molecule has 2 N–H and O–H groups in total. The van der Waals surface area contributed by atoms with Gasteiger partial charge in [-0.05, 0) is 95.6 Å². The Labute approximate surface area is 349 Å². The van der Waals surface area contributed by atoms with Crippen molar-refractivity contribution >= 4 is 104 Å². The maximum absolute atomic E-state index is 5.40. The van der Waals surface area contributed by atoms with Gasteiger partial charge in [-0.25, -0.2) is 0 Å². The van der Waals surface area contributed by atoms with Crippen LogP contribution in [0, 0.1) is 0 Å². The average molecular weight is 907 g/mol. The molecule has 0 spiro atoms. The summed E-state index contributed by atoms with van der Waals surface area (Å²) < 4.78 is 32.4. The summed E-state index contributed by atoms with van der Waals surface area (Å²) in [4.78, 5) is 31.6. The summed E-state index contributed by atoms with van der Waals surface area (Å²) in [7, 11) is 15.0. The molecule has 0 radical (unpaired) electrons. The monoisotopic (exact) mass is 906 g/mol. The minimum Gasteiger partial charge on any atom is -0.377 e. The van der Waals surface area contributed by atoms with E-state index in [1.165, 1.54) is 21.6 Å². The quantitative estimate of drug-likeness (QED) is 0.0447. The molecule has 0 amide bonds. The minimum absolute atomic E-state index is 0.599. The van der Waals surface area contributed by atoms with E-state index in [0.717, 1.165) is 75.7 Å². The number of nitrogens with one attached hydrogen (secondary N) is 2. The lowest BCUT2D eigenvalue weighted by Gasteiger charge is -2.24. The Balaban J connectivity index is 0.000000582. The number of hydrogen-bond acceptors (Lipinski definition) is 22. The molecule has 0 aliphatic heterocycles. The number of rotatable bonds is 30. The second-order valence-corrected chi connectivity index (χ2v) is 25.1. The van der Waals surface area contributed by atoms with Gasteiger partial charge in [-0.15, -0.1) is 0 Å². The molecule has 2 heterocycles. The predicted octanol–water partition coefficient (Wildman–Crippen LogP) is 7.61. The molecule has 0 saturated carbocycles. The molecule has 0 aromatic carbocycles. The van der Waals surface area contributed by atoms with Gasteiger partial charge in [-0.2, -0.15) is 29.9 Å². The van der Waals surface area contributed by atoms with Crippen LogP contribution < -0.4 is 20.4 Å². The van der Waals surface area contributed by atoms with Gasteiger partial charge in [-0.3, -0.25) is 0 Å². The van der Waals surface area contributed by atoms with Crippen molar-refractivity contribution in [3.63, 3.8) is 0 Å². The highest BCUT2D eigenvalue weighted by Gasteiger charge is 2.37. The van der Waals surface area contributed by atoms with Crippen molar-refractivity contribution in [1.82, 2.24) is 29.9 Å². The van der Waals surface area contributed by atoms with Crippen molar-refractivity contribution in [3.8, 4) is 0 Å². The van der Waals surface area contributed by atoms with Crippen LogP contribution in [-0.4, -0.2) is 141 Å². The van der Waals surface area contributed by atoms with E-state index in [9.17, 15) is 0 Å². The van der Waals surface area contributed by atoms with Crippen LogP contribution in [0.25, 0.3) is 0 Å². The zero-order valence-corrected chi connectivity index (χ0v) is 40.9. The fourth-order valence-corrected chi connectivity index (χ4v) is 15.4. The van der Waals surface area contributed by atoms with Crippen LogP contribution in [0.3, 0.4) is 0 Å². The lowest BCUT2D eigenvalue weighted by atomic mass is 10.5. The largest absolute Gasteiger partial charge is 0.500 e. The second kappa shape index (κ2) is 30.6. The first-order valence-electron chi connectivity index (χ1n) is 17.9. The molecule has 0 fully saturated rings. The molecule has 2 rings (SSSR count). The van der Waals surface area contributed by atoms with Crippen LogP contribution in [0.1, 0.15) is 54.4 Å². The van der Waals surface area contributed by atoms with Gasteiger partial charge in [0.25, 0.3) is 0 Å². The molecular weight excluding hydrogens is 845 g/mol. The average Bonchev–Trinajstić information content (AvgIpc) is 3.19. The van der Waals surface area contributed by atoms with Gasteiger partial charge in [0.1, 0.15) is 0 Å². The van der Waals surface area contributed by atoms with Crippen LogP contribution in [0.5, 0.6) is 0 Å². The molecule has 0 unspecified atom stereocenters. The normalized spacial score (nSPS) is 11.6. The Morgan fingerprint density at radius 2 is 0.833 bits per heavy atom. The summed E-state index contributed by atoms with van der Waals surface area (Å²) in [6.45, 7) is 17.3. The lowest BCUT2D eigenvalue weighted by Crippen LogP contribution is -2.42.